The number of carbonyl (C=O) groups is 1. The van der Waals surface area contributed by atoms with Crippen LogP contribution < -0.4 is 5.32 Å². The van der Waals surface area contributed by atoms with E-state index < -0.39 is 23.3 Å². The second-order valence-electron chi connectivity index (χ2n) is 7.68. The van der Waals surface area contributed by atoms with E-state index in [1.165, 1.54) is 12.4 Å². The van der Waals surface area contributed by atoms with Crippen LogP contribution in [0.4, 0.5) is 13.2 Å². The lowest BCUT2D eigenvalue weighted by Crippen LogP contribution is -2.34. The first-order valence-electron chi connectivity index (χ1n) is 10.2. The predicted octanol–water partition coefficient (Wildman–Crippen LogP) is 4.43. The number of pyridine rings is 1. The fourth-order valence-electron chi connectivity index (χ4n) is 4.08. The molecule has 3 aromatic heterocycles. The summed E-state index contributed by atoms with van der Waals surface area (Å²) in [6.45, 7) is 0.262. The Kier molecular flexibility index (Phi) is 6.40. The maximum absolute atomic E-state index is 13.6. The Labute approximate surface area is 187 Å². The van der Waals surface area contributed by atoms with Crippen molar-refractivity contribution in [1.29, 1.82) is 0 Å². The van der Waals surface area contributed by atoms with E-state index in [0.717, 1.165) is 42.1 Å². The highest BCUT2D eigenvalue weighted by atomic mass is 35.5. The van der Waals surface area contributed by atoms with Gasteiger partial charge in [0, 0.05) is 25.1 Å². The molecule has 0 radical (unpaired) electrons. The van der Waals surface area contributed by atoms with Crippen LogP contribution in [0.5, 0.6) is 0 Å². The molecular formula is C21H20ClF3N6O. The number of nitrogens with zero attached hydrogens (tertiary/aromatic N) is 5. The third kappa shape index (κ3) is 4.90. The van der Waals surface area contributed by atoms with E-state index in [1.807, 2.05) is 18.3 Å². The summed E-state index contributed by atoms with van der Waals surface area (Å²) < 4.78 is 41.5. The molecule has 3 aromatic rings. The first kappa shape index (κ1) is 22.2. The van der Waals surface area contributed by atoms with E-state index in [0.29, 0.717) is 0 Å². The summed E-state index contributed by atoms with van der Waals surface area (Å²) in [6, 6.07) is 3.86. The molecule has 7 nitrogen and oxygen atoms in total. The Morgan fingerprint density at radius 1 is 1.19 bits per heavy atom. The number of hydrogen-bond acceptors (Lipinski definition) is 5. The van der Waals surface area contributed by atoms with Gasteiger partial charge in [-0.1, -0.05) is 30.5 Å². The lowest BCUT2D eigenvalue weighted by Gasteiger charge is -2.31. The van der Waals surface area contributed by atoms with Crippen molar-refractivity contribution in [3.63, 3.8) is 0 Å². The SMILES string of the molecule is O=C(NCC1CCCCC1c1cccnc1)c1cn(-c2ncc(Cl)cn2)nc1C(F)(F)F. The van der Waals surface area contributed by atoms with Crippen LogP contribution in [0.2, 0.25) is 5.02 Å². The fourth-order valence-corrected chi connectivity index (χ4v) is 4.18. The molecule has 0 aromatic carbocycles. The number of hydrogen-bond donors (Lipinski definition) is 1. The summed E-state index contributed by atoms with van der Waals surface area (Å²) in [5.74, 6) is -0.651. The molecular weight excluding hydrogens is 445 g/mol. The molecule has 3 heterocycles. The van der Waals surface area contributed by atoms with Crippen LogP contribution in [0.3, 0.4) is 0 Å². The molecule has 1 aliphatic carbocycles. The lowest BCUT2D eigenvalue weighted by atomic mass is 9.76. The molecule has 4 rings (SSSR count). The second-order valence-corrected chi connectivity index (χ2v) is 8.12. The minimum absolute atomic E-state index is 0.112. The van der Waals surface area contributed by atoms with E-state index in [4.69, 9.17) is 11.6 Å². The average Bonchev–Trinajstić information content (AvgIpc) is 3.25. The third-order valence-corrected chi connectivity index (χ3v) is 5.78. The molecule has 1 amide bonds. The van der Waals surface area contributed by atoms with Gasteiger partial charge in [0.1, 0.15) is 0 Å². The number of rotatable bonds is 5. The van der Waals surface area contributed by atoms with Gasteiger partial charge in [0.05, 0.1) is 23.0 Å². The Bertz CT molecular complexity index is 1070. The summed E-state index contributed by atoms with van der Waals surface area (Å²) in [5.41, 5.74) is -0.791. The predicted molar refractivity (Wildman–Crippen MR) is 110 cm³/mol. The minimum atomic E-state index is -4.81. The number of carbonyl (C=O) groups excluding carboxylic acids is 1. The average molecular weight is 465 g/mol. The first-order valence-corrected chi connectivity index (χ1v) is 10.5. The highest BCUT2D eigenvalue weighted by molar-refractivity contribution is 6.30. The van der Waals surface area contributed by atoms with Crippen LogP contribution in [0.1, 0.15) is 53.2 Å². The third-order valence-electron chi connectivity index (χ3n) is 5.59. The van der Waals surface area contributed by atoms with Crippen molar-refractivity contribution in [2.24, 2.45) is 5.92 Å². The monoisotopic (exact) mass is 464 g/mol. The fraction of sp³-hybridized carbons (Fsp3) is 0.381. The molecule has 0 spiro atoms. The molecule has 1 saturated carbocycles. The van der Waals surface area contributed by atoms with Crippen LogP contribution in [0, 0.1) is 5.92 Å². The summed E-state index contributed by atoms with van der Waals surface area (Å²) in [4.78, 5) is 24.6. The second kappa shape index (κ2) is 9.23. The first-order chi connectivity index (χ1) is 15.3. The molecule has 1 fully saturated rings. The maximum Gasteiger partial charge on any atom is 0.435 e. The molecule has 168 valence electrons. The Morgan fingerprint density at radius 3 is 2.62 bits per heavy atom. The summed E-state index contributed by atoms with van der Waals surface area (Å²) in [5, 5.41) is 6.42. The highest BCUT2D eigenvalue weighted by Gasteiger charge is 2.40. The van der Waals surface area contributed by atoms with Crippen molar-refractivity contribution in [3.8, 4) is 5.95 Å². The molecule has 32 heavy (non-hydrogen) atoms. The molecule has 1 aliphatic rings. The number of amides is 1. The van der Waals surface area contributed by atoms with Crippen LogP contribution >= 0.6 is 11.6 Å². The van der Waals surface area contributed by atoms with Crippen LogP contribution in [0.25, 0.3) is 5.95 Å². The largest absolute Gasteiger partial charge is 0.435 e. The van der Waals surface area contributed by atoms with Crippen molar-refractivity contribution in [3.05, 3.63) is 65.0 Å². The van der Waals surface area contributed by atoms with Crippen LogP contribution in [0.15, 0.2) is 43.1 Å². The van der Waals surface area contributed by atoms with E-state index in [2.05, 4.69) is 25.4 Å². The zero-order chi connectivity index (χ0) is 22.7. The number of nitrogens with one attached hydrogen (secondary N) is 1. The molecule has 2 unspecified atom stereocenters. The van der Waals surface area contributed by atoms with E-state index in [9.17, 15) is 18.0 Å². The van der Waals surface area contributed by atoms with Gasteiger partial charge in [0.25, 0.3) is 11.9 Å². The molecule has 0 aliphatic heterocycles. The van der Waals surface area contributed by atoms with Crippen molar-refractivity contribution < 1.29 is 18.0 Å². The number of halogens is 4. The summed E-state index contributed by atoms with van der Waals surface area (Å²) in [6.07, 6.45) is 6.06. The standard InChI is InChI=1S/C21H20ClF3N6O/c22-15-10-28-20(29-11-15)31-12-17(18(30-31)21(23,24)25)19(32)27-9-14-4-1-2-6-16(14)13-5-3-7-26-8-13/h3,5,7-8,10-12,14,16H,1-2,4,6,9H2,(H,27,32). The van der Waals surface area contributed by atoms with E-state index in [1.54, 1.807) is 6.20 Å². The zero-order valence-electron chi connectivity index (χ0n) is 16.9. The van der Waals surface area contributed by atoms with Gasteiger partial charge in [-0.25, -0.2) is 14.6 Å². The smallest absolute Gasteiger partial charge is 0.352 e. The van der Waals surface area contributed by atoms with Crippen molar-refractivity contribution >= 4 is 17.5 Å². The Morgan fingerprint density at radius 2 is 1.94 bits per heavy atom. The van der Waals surface area contributed by atoms with Crippen molar-refractivity contribution in [2.75, 3.05) is 6.54 Å². The van der Waals surface area contributed by atoms with Gasteiger partial charge in [0.2, 0.25) is 0 Å². The minimum Gasteiger partial charge on any atom is -0.352 e. The number of alkyl halides is 3. The van der Waals surface area contributed by atoms with Gasteiger partial charge in [-0.15, -0.1) is 0 Å². The van der Waals surface area contributed by atoms with Gasteiger partial charge in [-0.05, 0) is 36.3 Å². The summed E-state index contributed by atoms with van der Waals surface area (Å²) >= 11 is 5.73. The van der Waals surface area contributed by atoms with Crippen LogP contribution in [-0.2, 0) is 6.18 Å². The van der Waals surface area contributed by atoms with Gasteiger partial charge in [0.15, 0.2) is 5.69 Å². The molecule has 0 bridgehead atoms. The molecule has 2 atom stereocenters. The van der Waals surface area contributed by atoms with Gasteiger partial charge < -0.3 is 5.32 Å². The topological polar surface area (TPSA) is 85.6 Å². The summed E-state index contributed by atoms with van der Waals surface area (Å²) in [7, 11) is 0. The molecule has 1 N–H and O–H groups in total. The van der Waals surface area contributed by atoms with Gasteiger partial charge in [-0.2, -0.15) is 18.3 Å². The highest BCUT2D eigenvalue weighted by Crippen LogP contribution is 2.37. The lowest BCUT2D eigenvalue weighted by molar-refractivity contribution is -0.141. The maximum atomic E-state index is 13.6. The zero-order valence-corrected chi connectivity index (χ0v) is 17.6. The quantitative estimate of drug-likeness (QED) is 0.603. The van der Waals surface area contributed by atoms with Gasteiger partial charge >= 0.3 is 6.18 Å². The molecule has 0 saturated heterocycles. The number of aromatic nitrogens is 5. The van der Waals surface area contributed by atoms with Gasteiger partial charge in [-0.3, -0.25) is 9.78 Å². The van der Waals surface area contributed by atoms with E-state index >= 15 is 0 Å². The van der Waals surface area contributed by atoms with E-state index in [-0.39, 0.29) is 29.4 Å². The van der Waals surface area contributed by atoms with Crippen molar-refractivity contribution in [1.82, 2.24) is 30.0 Å². The Balaban J connectivity index is 1.54. The van der Waals surface area contributed by atoms with Crippen LogP contribution in [-0.4, -0.2) is 37.2 Å². The molecule has 11 heteroatoms. The Hall–Kier alpha value is -3.01. The normalized spacial score (nSPS) is 19.0. The van der Waals surface area contributed by atoms with Crippen molar-refractivity contribution in [2.45, 2.75) is 37.8 Å².